The second kappa shape index (κ2) is 6.43. The molecule has 2 atom stereocenters. The molecule has 3 amide bonds. The molecule has 6 nitrogen and oxygen atoms in total. The number of benzene rings is 1. The molecule has 2 aliphatic heterocycles. The molecule has 0 spiro atoms. The van der Waals surface area contributed by atoms with Crippen molar-refractivity contribution in [2.75, 3.05) is 20.7 Å². The number of rotatable bonds is 4. The monoisotopic (exact) mass is 343 g/mol. The van der Waals surface area contributed by atoms with E-state index in [4.69, 9.17) is 4.74 Å². The molecule has 0 fully saturated rings. The van der Waals surface area contributed by atoms with Crippen molar-refractivity contribution in [1.29, 1.82) is 0 Å². The van der Waals surface area contributed by atoms with Gasteiger partial charge in [0.15, 0.2) is 0 Å². The van der Waals surface area contributed by atoms with Crippen LogP contribution in [0.2, 0.25) is 0 Å². The summed E-state index contributed by atoms with van der Waals surface area (Å²) in [5.41, 5.74) is 2.29. The smallest absolute Gasteiger partial charge is 0.322 e. The van der Waals surface area contributed by atoms with Crippen LogP contribution in [0.1, 0.15) is 32.4 Å². The number of ether oxygens (including phenoxy) is 1. The maximum absolute atomic E-state index is 13.1. The zero-order valence-corrected chi connectivity index (χ0v) is 15.4. The van der Waals surface area contributed by atoms with Crippen molar-refractivity contribution in [2.24, 2.45) is 5.92 Å². The van der Waals surface area contributed by atoms with E-state index >= 15 is 0 Å². The Balaban J connectivity index is 2.03. The lowest BCUT2D eigenvalue weighted by atomic mass is 9.95. The fraction of sp³-hybridized carbons (Fsp3) is 0.474. The standard InChI is InChI=1S/C19H25N3O3/c1-11(2)12(3)22-10-15-16(18(22)23)17(20-19(24)21(15)4)13-7-6-8-14(9-13)25-5/h6-9,11-12,17H,10H2,1-5H3,(H,20,24)/t12-,17+/m1/s1. The number of nitrogens with one attached hydrogen (secondary N) is 1. The number of nitrogens with zero attached hydrogens (tertiary/aromatic N) is 2. The summed E-state index contributed by atoms with van der Waals surface area (Å²) < 4.78 is 5.29. The third-order valence-corrected chi connectivity index (χ3v) is 5.27. The number of hydrogen-bond acceptors (Lipinski definition) is 3. The Hall–Kier alpha value is -2.50. The molecule has 0 aromatic heterocycles. The number of carbonyl (C=O) groups is 2. The average molecular weight is 343 g/mol. The second-order valence-corrected chi connectivity index (χ2v) is 7.00. The Labute approximate surface area is 148 Å². The molecule has 0 saturated heterocycles. The fourth-order valence-electron chi connectivity index (χ4n) is 3.35. The molecule has 1 N–H and O–H groups in total. The SMILES string of the molecule is COc1cccc([C@@H]2NC(=O)N(C)C3=C2C(=O)N([C@H](C)C(C)C)C3)c1. The summed E-state index contributed by atoms with van der Waals surface area (Å²) in [4.78, 5) is 29.0. The molecule has 6 heteroatoms. The largest absolute Gasteiger partial charge is 0.497 e. The van der Waals surface area contributed by atoms with Crippen molar-refractivity contribution in [3.63, 3.8) is 0 Å². The summed E-state index contributed by atoms with van der Waals surface area (Å²) >= 11 is 0. The topological polar surface area (TPSA) is 61.9 Å². The van der Waals surface area contributed by atoms with Crippen LogP contribution >= 0.6 is 0 Å². The Morgan fingerprint density at radius 2 is 1.96 bits per heavy atom. The quantitative estimate of drug-likeness (QED) is 0.914. The highest BCUT2D eigenvalue weighted by molar-refractivity contribution is 6.01. The van der Waals surface area contributed by atoms with Gasteiger partial charge in [-0.1, -0.05) is 26.0 Å². The van der Waals surface area contributed by atoms with Crippen LogP contribution in [0.25, 0.3) is 0 Å². The summed E-state index contributed by atoms with van der Waals surface area (Å²) in [5, 5.41) is 2.95. The number of likely N-dealkylation sites (N-methyl/N-ethyl adjacent to an activating group) is 1. The van der Waals surface area contributed by atoms with E-state index in [2.05, 4.69) is 26.1 Å². The first-order valence-corrected chi connectivity index (χ1v) is 8.57. The normalized spacial score (nSPS) is 21.6. The first-order valence-electron chi connectivity index (χ1n) is 8.57. The second-order valence-electron chi connectivity index (χ2n) is 7.00. The molecule has 2 heterocycles. The number of carbonyl (C=O) groups excluding carboxylic acids is 2. The lowest BCUT2D eigenvalue weighted by Crippen LogP contribution is -2.45. The predicted octanol–water partition coefficient (Wildman–Crippen LogP) is 2.53. The first-order chi connectivity index (χ1) is 11.8. The number of amides is 3. The van der Waals surface area contributed by atoms with E-state index in [0.717, 1.165) is 11.3 Å². The van der Waals surface area contributed by atoms with Crippen LogP contribution in [0.15, 0.2) is 35.5 Å². The molecule has 1 aromatic rings. The van der Waals surface area contributed by atoms with E-state index in [0.29, 0.717) is 23.8 Å². The van der Waals surface area contributed by atoms with Gasteiger partial charge in [-0.3, -0.25) is 9.69 Å². The first kappa shape index (κ1) is 17.3. The van der Waals surface area contributed by atoms with Crippen molar-refractivity contribution < 1.29 is 14.3 Å². The number of methoxy groups -OCH3 is 1. The van der Waals surface area contributed by atoms with E-state index in [1.807, 2.05) is 29.2 Å². The van der Waals surface area contributed by atoms with Gasteiger partial charge in [-0.25, -0.2) is 4.79 Å². The van der Waals surface area contributed by atoms with E-state index in [9.17, 15) is 9.59 Å². The van der Waals surface area contributed by atoms with Crippen molar-refractivity contribution in [3.05, 3.63) is 41.1 Å². The molecule has 0 radical (unpaired) electrons. The molecule has 0 unspecified atom stereocenters. The molecule has 0 saturated carbocycles. The van der Waals surface area contributed by atoms with Gasteiger partial charge in [-0.2, -0.15) is 0 Å². The van der Waals surface area contributed by atoms with Crippen LogP contribution in [0.3, 0.4) is 0 Å². The summed E-state index contributed by atoms with van der Waals surface area (Å²) in [5.74, 6) is 1.04. The van der Waals surface area contributed by atoms with Gasteiger partial charge in [0.2, 0.25) is 0 Å². The highest BCUT2D eigenvalue weighted by Crippen LogP contribution is 2.37. The van der Waals surface area contributed by atoms with E-state index in [1.165, 1.54) is 0 Å². The minimum absolute atomic E-state index is 0.00382. The van der Waals surface area contributed by atoms with Gasteiger partial charge >= 0.3 is 6.03 Å². The zero-order chi connectivity index (χ0) is 18.3. The summed E-state index contributed by atoms with van der Waals surface area (Å²) in [6.07, 6.45) is 0. The highest BCUT2D eigenvalue weighted by Gasteiger charge is 2.44. The Kier molecular flexibility index (Phi) is 4.45. The van der Waals surface area contributed by atoms with Gasteiger partial charge in [0.25, 0.3) is 5.91 Å². The molecule has 25 heavy (non-hydrogen) atoms. The molecular formula is C19H25N3O3. The molecular weight excluding hydrogens is 318 g/mol. The van der Waals surface area contributed by atoms with Crippen LogP contribution in [0.5, 0.6) is 5.75 Å². The Morgan fingerprint density at radius 1 is 1.24 bits per heavy atom. The van der Waals surface area contributed by atoms with Gasteiger partial charge in [0, 0.05) is 13.1 Å². The van der Waals surface area contributed by atoms with Crippen LogP contribution in [-0.4, -0.2) is 48.5 Å². The summed E-state index contributed by atoms with van der Waals surface area (Å²) in [6.45, 7) is 6.72. The molecule has 3 rings (SSSR count). The highest BCUT2D eigenvalue weighted by atomic mass is 16.5. The van der Waals surface area contributed by atoms with Crippen LogP contribution < -0.4 is 10.1 Å². The molecule has 0 aliphatic carbocycles. The van der Waals surface area contributed by atoms with E-state index in [1.54, 1.807) is 19.1 Å². The van der Waals surface area contributed by atoms with Crippen molar-refractivity contribution in [3.8, 4) is 5.75 Å². The van der Waals surface area contributed by atoms with Crippen molar-refractivity contribution in [1.82, 2.24) is 15.1 Å². The van der Waals surface area contributed by atoms with E-state index in [-0.39, 0.29) is 18.0 Å². The zero-order valence-electron chi connectivity index (χ0n) is 15.4. The van der Waals surface area contributed by atoms with Gasteiger partial charge in [-0.15, -0.1) is 0 Å². The molecule has 1 aromatic carbocycles. The predicted molar refractivity (Wildman–Crippen MR) is 95.1 cm³/mol. The Bertz CT molecular complexity index is 741. The fourth-order valence-corrected chi connectivity index (χ4v) is 3.35. The summed E-state index contributed by atoms with van der Waals surface area (Å²) in [7, 11) is 3.31. The third kappa shape index (κ3) is 2.86. The van der Waals surface area contributed by atoms with Gasteiger partial charge < -0.3 is 15.0 Å². The maximum atomic E-state index is 13.1. The Morgan fingerprint density at radius 3 is 2.60 bits per heavy atom. The third-order valence-electron chi connectivity index (χ3n) is 5.27. The lowest BCUT2D eigenvalue weighted by molar-refractivity contribution is -0.128. The maximum Gasteiger partial charge on any atom is 0.322 e. The summed E-state index contributed by atoms with van der Waals surface area (Å²) in [6, 6.07) is 6.94. The van der Waals surface area contributed by atoms with Gasteiger partial charge in [-0.05, 0) is 30.5 Å². The van der Waals surface area contributed by atoms with Crippen molar-refractivity contribution >= 4 is 11.9 Å². The minimum atomic E-state index is -0.453. The van der Waals surface area contributed by atoms with Gasteiger partial charge in [0.05, 0.1) is 31.0 Å². The molecule has 0 bridgehead atoms. The molecule has 134 valence electrons. The van der Waals surface area contributed by atoms with Crippen LogP contribution in [0.4, 0.5) is 4.79 Å². The van der Waals surface area contributed by atoms with Crippen LogP contribution in [-0.2, 0) is 4.79 Å². The average Bonchev–Trinajstić information content (AvgIpc) is 2.95. The number of urea groups is 1. The van der Waals surface area contributed by atoms with Crippen molar-refractivity contribution in [2.45, 2.75) is 32.9 Å². The van der Waals surface area contributed by atoms with E-state index < -0.39 is 6.04 Å². The molecule has 2 aliphatic rings. The lowest BCUT2D eigenvalue weighted by Gasteiger charge is -2.31. The van der Waals surface area contributed by atoms with Crippen LogP contribution in [0, 0.1) is 5.92 Å². The number of hydrogen-bond donors (Lipinski definition) is 1. The minimum Gasteiger partial charge on any atom is -0.497 e. The van der Waals surface area contributed by atoms with Gasteiger partial charge in [0.1, 0.15) is 5.75 Å².